The smallest absolute Gasteiger partial charge is 0.173 e. The summed E-state index contributed by atoms with van der Waals surface area (Å²) in [5.41, 5.74) is 0.282. The highest BCUT2D eigenvalue weighted by Gasteiger charge is 2.19. The third-order valence-corrected chi connectivity index (χ3v) is 3.88. The van der Waals surface area contributed by atoms with Crippen LogP contribution in [-0.4, -0.2) is 15.3 Å². The third kappa shape index (κ3) is 4.52. The number of rotatable bonds is 6. The Kier molecular flexibility index (Phi) is 5.54. The van der Waals surface area contributed by atoms with Crippen molar-refractivity contribution in [1.29, 1.82) is 0 Å². The summed E-state index contributed by atoms with van der Waals surface area (Å²) in [5, 5.41) is 3.87. The average molecular weight is 377 g/mol. The molecule has 1 unspecified atom stereocenters. The summed E-state index contributed by atoms with van der Waals surface area (Å²) < 4.78 is 55.9. The minimum Gasteiger partial charge on any atom is -0.385 e. The van der Waals surface area contributed by atoms with E-state index in [9.17, 15) is 17.6 Å². The number of halogens is 4. The lowest BCUT2D eigenvalue weighted by Crippen LogP contribution is -2.13. The van der Waals surface area contributed by atoms with Gasteiger partial charge in [-0.25, -0.2) is 22.5 Å². The molecular weight excluding hydrogens is 362 g/mol. The van der Waals surface area contributed by atoms with Crippen LogP contribution in [-0.2, 0) is 11.4 Å². The molecule has 4 nitrogen and oxygen atoms in total. The van der Waals surface area contributed by atoms with Gasteiger partial charge < -0.3 is 9.40 Å². The Morgan fingerprint density at radius 3 is 2.41 bits per heavy atom. The van der Waals surface area contributed by atoms with Gasteiger partial charge in [-0.3, -0.25) is 0 Å². The molecule has 27 heavy (non-hydrogen) atoms. The molecule has 3 rings (SSSR count). The SMILES string of the molecule is C/C(=N/OC(Cn1ccnc1)c1ccc(F)cc1F)c1ccc(F)cc1F. The van der Waals surface area contributed by atoms with Crippen LogP contribution in [0.2, 0.25) is 0 Å². The van der Waals surface area contributed by atoms with Gasteiger partial charge in [0, 0.05) is 35.7 Å². The van der Waals surface area contributed by atoms with E-state index in [0.29, 0.717) is 0 Å². The van der Waals surface area contributed by atoms with Gasteiger partial charge in [0.25, 0.3) is 0 Å². The predicted molar refractivity (Wildman–Crippen MR) is 91.0 cm³/mol. The molecule has 3 aromatic rings. The van der Waals surface area contributed by atoms with Crippen LogP contribution in [0.1, 0.15) is 24.2 Å². The first-order valence-electron chi connectivity index (χ1n) is 8.00. The van der Waals surface area contributed by atoms with E-state index < -0.39 is 29.4 Å². The van der Waals surface area contributed by atoms with Crippen molar-refractivity contribution in [2.24, 2.45) is 5.16 Å². The molecule has 1 heterocycles. The lowest BCUT2D eigenvalue weighted by molar-refractivity contribution is 0.0431. The van der Waals surface area contributed by atoms with Gasteiger partial charge in [0.2, 0.25) is 0 Å². The van der Waals surface area contributed by atoms with Crippen LogP contribution in [0.15, 0.2) is 60.3 Å². The Morgan fingerprint density at radius 2 is 1.78 bits per heavy atom. The molecule has 0 radical (unpaired) electrons. The van der Waals surface area contributed by atoms with Crippen LogP contribution in [0, 0.1) is 23.3 Å². The number of hydrogen-bond acceptors (Lipinski definition) is 3. The van der Waals surface area contributed by atoms with Crippen LogP contribution in [0.4, 0.5) is 17.6 Å². The molecule has 140 valence electrons. The number of imidazole rings is 1. The quantitative estimate of drug-likeness (QED) is 0.357. The fourth-order valence-electron chi connectivity index (χ4n) is 2.51. The monoisotopic (exact) mass is 377 g/mol. The second-order valence-corrected chi connectivity index (χ2v) is 5.82. The Bertz CT molecular complexity index is 958. The topological polar surface area (TPSA) is 39.4 Å². The van der Waals surface area contributed by atoms with Gasteiger partial charge in [0.05, 0.1) is 18.6 Å². The van der Waals surface area contributed by atoms with Crippen molar-refractivity contribution in [3.63, 3.8) is 0 Å². The molecule has 0 spiro atoms. The van der Waals surface area contributed by atoms with Gasteiger partial charge in [0.1, 0.15) is 23.3 Å². The molecule has 0 N–H and O–H groups in total. The minimum absolute atomic E-state index is 0.0531. The summed E-state index contributed by atoms with van der Waals surface area (Å²) in [7, 11) is 0. The van der Waals surface area contributed by atoms with Crippen molar-refractivity contribution in [3.8, 4) is 0 Å². The largest absolute Gasteiger partial charge is 0.385 e. The molecule has 8 heteroatoms. The summed E-state index contributed by atoms with van der Waals surface area (Å²) in [5.74, 6) is -3.01. The molecular formula is C19H15F4N3O. The lowest BCUT2D eigenvalue weighted by Gasteiger charge is -2.17. The Morgan fingerprint density at radius 1 is 1.07 bits per heavy atom. The zero-order valence-electron chi connectivity index (χ0n) is 14.2. The zero-order valence-corrected chi connectivity index (χ0v) is 14.2. The molecule has 0 fully saturated rings. The fraction of sp³-hybridized carbons (Fsp3) is 0.158. The van der Waals surface area contributed by atoms with E-state index in [2.05, 4.69) is 10.1 Å². The van der Waals surface area contributed by atoms with Crippen molar-refractivity contribution in [2.75, 3.05) is 0 Å². The Labute approximate surface area is 152 Å². The summed E-state index contributed by atoms with van der Waals surface area (Å²) >= 11 is 0. The van der Waals surface area contributed by atoms with Crippen molar-refractivity contribution >= 4 is 5.71 Å². The number of benzene rings is 2. The van der Waals surface area contributed by atoms with Gasteiger partial charge in [-0.2, -0.15) is 0 Å². The average Bonchev–Trinajstić information content (AvgIpc) is 3.12. The second-order valence-electron chi connectivity index (χ2n) is 5.82. The molecule has 0 bridgehead atoms. The number of oxime groups is 1. The molecule has 0 aliphatic heterocycles. The van der Waals surface area contributed by atoms with Crippen LogP contribution >= 0.6 is 0 Å². The summed E-state index contributed by atoms with van der Waals surface area (Å²) in [4.78, 5) is 9.34. The van der Waals surface area contributed by atoms with Gasteiger partial charge in [-0.15, -0.1) is 0 Å². The van der Waals surface area contributed by atoms with E-state index >= 15 is 0 Å². The molecule has 1 atom stereocenters. The molecule has 0 saturated carbocycles. The normalized spacial score (nSPS) is 12.9. The van der Waals surface area contributed by atoms with Crippen LogP contribution in [0.5, 0.6) is 0 Å². The van der Waals surface area contributed by atoms with Gasteiger partial charge >= 0.3 is 0 Å². The highest BCUT2D eigenvalue weighted by atomic mass is 19.1. The second kappa shape index (κ2) is 8.03. The van der Waals surface area contributed by atoms with Gasteiger partial charge in [0.15, 0.2) is 6.10 Å². The zero-order chi connectivity index (χ0) is 19.4. The maximum Gasteiger partial charge on any atom is 0.173 e. The molecule has 1 aromatic heterocycles. The van der Waals surface area contributed by atoms with E-state index in [0.717, 1.165) is 24.3 Å². The summed E-state index contributed by atoms with van der Waals surface area (Å²) in [6.07, 6.45) is 3.78. The Hall–Kier alpha value is -3.16. The molecule has 2 aromatic carbocycles. The first-order chi connectivity index (χ1) is 12.9. The van der Waals surface area contributed by atoms with E-state index in [1.807, 2.05) is 0 Å². The first-order valence-corrected chi connectivity index (χ1v) is 8.00. The standard InChI is InChI=1S/C19H15F4N3O/c1-12(15-4-2-13(20)8-17(15)22)25-27-19(10-26-7-6-24-11-26)16-5-3-14(21)9-18(16)23/h2-9,11,19H,10H2,1H3/b25-12-. The molecule has 0 aliphatic rings. The van der Waals surface area contributed by atoms with Crippen LogP contribution in [0.25, 0.3) is 0 Å². The third-order valence-electron chi connectivity index (χ3n) is 3.88. The van der Waals surface area contributed by atoms with E-state index in [4.69, 9.17) is 4.84 Å². The predicted octanol–water partition coefficient (Wildman–Crippen LogP) is 4.62. The highest BCUT2D eigenvalue weighted by molar-refractivity contribution is 5.98. The minimum atomic E-state index is -0.918. The Balaban J connectivity index is 1.88. The summed E-state index contributed by atoms with van der Waals surface area (Å²) in [6.45, 7) is 1.62. The maximum atomic E-state index is 14.2. The van der Waals surface area contributed by atoms with E-state index in [-0.39, 0.29) is 23.4 Å². The van der Waals surface area contributed by atoms with E-state index in [1.165, 1.54) is 25.4 Å². The number of nitrogens with zero attached hydrogens (tertiary/aromatic N) is 3. The van der Waals surface area contributed by atoms with Crippen molar-refractivity contribution in [3.05, 3.63) is 89.5 Å². The number of hydrogen-bond donors (Lipinski definition) is 0. The molecule has 0 saturated heterocycles. The fourth-order valence-corrected chi connectivity index (χ4v) is 2.51. The molecule has 0 aliphatic carbocycles. The van der Waals surface area contributed by atoms with Crippen LogP contribution in [0.3, 0.4) is 0 Å². The lowest BCUT2D eigenvalue weighted by atomic mass is 10.1. The molecule has 0 amide bonds. The van der Waals surface area contributed by atoms with Gasteiger partial charge in [-0.1, -0.05) is 5.16 Å². The maximum absolute atomic E-state index is 14.2. The first kappa shape index (κ1) is 18.6. The van der Waals surface area contributed by atoms with Crippen LogP contribution < -0.4 is 0 Å². The van der Waals surface area contributed by atoms with Crippen molar-refractivity contribution < 1.29 is 22.4 Å². The summed E-state index contributed by atoms with van der Waals surface area (Å²) in [6, 6.07) is 6.18. The number of aromatic nitrogens is 2. The highest BCUT2D eigenvalue weighted by Crippen LogP contribution is 2.24. The van der Waals surface area contributed by atoms with Gasteiger partial charge in [-0.05, 0) is 31.2 Å². The van der Waals surface area contributed by atoms with Crippen molar-refractivity contribution in [1.82, 2.24) is 9.55 Å². The van der Waals surface area contributed by atoms with E-state index in [1.54, 1.807) is 17.0 Å². The van der Waals surface area contributed by atoms with Crippen molar-refractivity contribution in [2.45, 2.75) is 19.6 Å².